The van der Waals surface area contributed by atoms with Gasteiger partial charge >= 0.3 is 0 Å². The summed E-state index contributed by atoms with van der Waals surface area (Å²) in [6.45, 7) is 0. The highest BCUT2D eigenvalue weighted by molar-refractivity contribution is 6.30. The van der Waals surface area contributed by atoms with E-state index < -0.39 is 0 Å². The van der Waals surface area contributed by atoms with Gasteiger partial charge in [-0.1, -0.05) is 328 Å². The van der Waals surface area contributed by atoms with Crippen LogP contribution in [0.3, 0.4) is 0 Å². The van der Waals surface area contributed by atoms with Gasteiger partial charge in [0, 0.05) is 32.7 Å². The van der Waals surface area contributed by atoms with Gasteiger partial charge in [-0.25, -0.2) is 0 Å². The lowest BCUT2D eigenvalue weighted by Gasteiger charge is -2.21. The van der Waals surface area contributed by atoms with Crippen molar-refractivity contribution in [3.8, 4) is 100 Å². The van der Waals surface area contributed by atoms with E-state index in [1.165, 1.54) is 104 Å². The van der Waals surface area contributed by atoms with E-state index in [0.29, 0.717) is 0 Å². The summed E-state index contributed by atoms with van der Waals surface area (Å²) in [5.41, 5.74) is 24.4. The predicted octanol–water partition coefficient (Wildman–Crippen LogP) is 27.4. The summed E-state index contributed by atoms with van der Waals surface area (Å²) in [4.78, 5) is 0. The summed E-state index contributed by atoms with van der Waals surface area (Å²) in [6, 6.07) is 129. The summed E-state index contributed by atoms with van der Waals surface area (Å²) in [5, 5.41) is 18.7. The van der Waals surface area contributed by atoms with Gasteiger partial charge in [0.15, 0.2) is 0 Å². The molecule has 0 aliphatic heterocycles. The number of hydrogen-bond acceptors (Lipinski definition) is 2. The van der Waals surface area contributed by atoms with E-state index in [2.05, 4.69) is 352 Å². The molecule has 0 aliphatic carbocycles. The Morgan fingerprint density at radius 2 is 0.500 bits per heavy atom. The van der Waals surface area contributed by atoms with Gasteiger partial charge in [-0.3, -0.25) is 0 Å². The van der Waals surface area contributed by atoms with E-state index in [4.69, 9.17) is 8.83 Å². The number of hydrogen-bond donors (Lipinski definition) is 0. The van der Waals surface area contributed by atoms with Crippen LogP contribution in [0.5, 0.6) is 0 Å². The molecule has 0 atom stereocenters. The fourth-order valence-electron chi connectivity index (χ4n) is 16.5. The lowest BCUT2D eigenvalue weighted by atomic mass is 9.82. The summed E-state index contributed by atoms with van der Waals surface area (Å²) in [7, 11) is 0. The van der Waals surface area contributed by atoms with Crippen LogP contribution in [0.15, 0.2) is 361 Å². The average Bonchev–Trinajstić information content (AvgIpc) is 1.24. The van der Waals surface area contributed by atoms with Gasteiger partial charge in [0.2, 0.25) is 0 Å². The van der Waals surface area contributed by atoms with E-state index in [1.807, 2.05) is 0 Å². The second-order valence-corrected chi connectivity index (χ2v) is 25.9. The highest BCUT2D eigenvalue weighted by Gasteiger charge is 2.27. The fourth-order valence-corrected chi connectivity index (χ4v) is 16.5. The van der Waals surface area contributed by atoms with Crippen LogP contribution in [0, 0.1) is 0 Å². The van der Waals surface area contributed by atoms with Crippen molar-refractivity contribution in [3.05, 3.63) is 352 Å². The molecule has 98 heavy (non-hydrogen) atoms. The molecule has 2 nitrogen and oxygen atoms in total. The van der Waals surface area contributed by atoms with E-state index in [-0.39, 0.29) is 0 Å². The number of furan rings is 2. The normalized spacial score (nSPS) is 11.9. The van der Waals surface area contributed by atoms with Crippen molar-refractivity contribution < 1.29 is 8.83 Å². The predicted molar refractivity (Wildman–Crippen MR) is 415 cm³/mol. The Morgan fingerprint density at radius 3 is 1.13 bits per heavy atom. The van der Waals surface area contributed by atoms with Gasteiger partial charge in [0.1, 0.15) is 22.3 Å². The SMILES string of the molecule is c1ccc(-c2cc(-c3ccc(-c4ccc(-c5c6ccccc6c(-c6ccccc6-c6ccccc6)c6ccccc56)c5c4oc4ccccc45)c4ccccc34)ccc2-c2c3ccccc3c(-c3cccc4oc5c(-c6cccc7ccccc67)cccc5c34)c3ccccc23)cc1. The summed E-state index contributed by atoms with van der Waals surface area (Å²) < 4.78 is 14.2. The van der Waals surface area contributed by atoms with Crippen LogP contribution in [0.1, 0.15) is 0 Å². The number of benzene rings is 18. The Labute approximate surface area is 565 Å². The van der Waals surface area contributed by atoms with Gasteiger partial charge in [-0.05, 0) is 178 Å². The summed E-state index contributed by atoms with van der Waals surface area (Å²) >= 11 is 0. The Balaban J connectivity index is 0.753. The van der Waals surface area contributed by atoms with E-state index in [1.54, 1.807) is 0 Å². The first-order chi connectivity index (χ1) is 48.7. The molecule has 18 aromatic carbocycles. The molecule has 0 fully saturated rings. The monoisotopic (exact) mass is 1240 g/mol. The van der Waals surface area contributed by atoms with Crippen molar-refractivity contribution in [2.24, 2.45) is 0 Å². The van der Waals surface area contributed by atoms with Crippen molar-refractivity contribution in [1.29, 1.82) is 0 Å². The van der Waals surface area contributed by atoms with E-state index in [9.17, 15) is 0 Å². The summed E-state index contributed by atoms with van der Waals surface area (Å²) in [5.74, 6) is 0. The Bertz CT molecular complexity index is 6540. The Kier molecular flexibility index (Phi) is 12.7. The fraction of sp³-hybridized carbons (Fsp3) is 0. The van der Waals surface area contributed by atoms with Crippen LogP contribution >= 0.6 is 0 Å². The van der Waals surface area contributed by atoms with Crippen LogP contribution < -0.4 is 0 Å². The van der Waals surface area contributed by atoms with Crippen molar-refractivity contribution in [1.82, 2.24) is 0 Å². The van der Waals surface area contributed by atoms with Crippen LogP contribution in [0.25, 0.3) is 209 Å². The zero-order chi connectivity index (χ0) is 64.4. The van der Waals surface area contributed by atoms with E-state index in [0.717, 1.165) is 105 Å². The summed E-state index contributed by atoms with van der Waals surface area (Å²) in [6.07, 6.45) is 0. The van der Waals surface area contributed by atoms with Crippen molar-refractivity contribution in [3.63, 3.8) is 0 Å². The number of fused-ring (bicyclic) bond motifs is 12. The molecule has 0 bridgehead atoms. The molecule has 0 spiro atoms. The molecule has 2 heterocycles. The third-order valence-corrected chi connectivity index (χ3v) is 20.7. The maximum atomic E-state index is 7.22. The van der Waals surface area contributed by atoms with Gasteiger partial charge in [-0.15, -0.1) is 0 Å². The molecule has 0 radical (unpaired) electrons. The van der Waals surface area contributed by atoms with E-state index >= 15 is 0 Å². The molecule has 20 rings (SSSR count). The van der Waals surface area contributed by atoms with Crippen LogP contribution in [-0.2, 0) is 0 Å². The number of rotatable bonds is 9. The molecule has 2 heteroatoms. The van der Waals surface area contributed by atoms with Crippen molar-refractivity contribution in [2.45, 2.75) is 0 Å². The molecule has 0 amide bonds. The van der Waals surface area contributed by atoms with Gasteiger partial charge < -0.3 is 8.83 Å². The second kappa shape index (κ2) is 22.4. The highest BCUT2D eigenvalue weighted by atomic mass is 16.3. The number of para-hydroxylation sites is 2. The zero-order valence-corrected chi connectivity index (χ0v) is 53.3. The maximum absolute atomic E-state index is 7.22. The standard InChI is InChI=1S/C96H58O2/c1-3-26-59(27-4-1)64-33-9-12-36-70(64)89-71-37-13-19-43-77(71)92(78-44-20-14-38-72(78)89)84-57-56-81(96-94(84)82-45-21-22-50-87(82)97-96)69-55-54-65(66-34-10-11-35-68(66)69)62-52-53-79(86(58-62)61-28-5-2-6-29-61)90-73-39-15-17-41-75(73)91(76-42-18-16-40-74(76)90)83-48-25-51-88-93(83)85-49-24-47-80(95(85)98-88)67-46-23-31-60-30-7-8-32-63(60)67/h1-58H. The molecular formula is C96H58O2. The first-order valence-electron chi connectivity index (χ1n) is 33.8. The zero-order valence-electron chi connectivity index (χ0n) is 53.3. The minimum Gasteiger partial charge on any atom is -0.455 e. The molecular weight excluding hydrogens is 1190 g/mol. The Morgan fingerprint density at radius 1 is 0.153 bits per heavy atom. The second-order valence-electron chi connectivity index (χ2n) is 25.9. The quantitative estimate of drug-likeness (QED) is 0.135. The molecule has 454 valence electrons. The lowest BCUT2D eigenvalue weighted by Crippen LogP contribution is -1.94. The molecule has 0 saturated heterocycles. The first-order valence-corrected chi connectivity index (χ1v) is 33.8. The smallest absolute Gasteiger partial charge is 0.143 e. The molecule has 20 aromatic rings. The largest absolute Gasteiger partial charge is 0.455 e. The van der Waals surface area contributed by atoms with Gasteiger partial charge in [0.25, 0.3) is 0 Å². The lowest BCUT2D eigenvalue weighted by molar-refractivity contribution is 0.670. The van der Waals surface area contributed by atoms with Crippen molar-refractivity contribution >= 4 is 109 Å². The Hall–Kier alpha value is -12.9. The molecule has 0 unspecified atom stereocenters. The molecule has 0 aliphatic rings. The minimum atomic E-state index is 0.860. The first kappa shape index (κ1) is 55.6. The molecule has 0 saturated carbocycles. The van der Waals surface area contributed by atoms with Gasteiger partial charge in [-0.2, -0.15) is 0 Å². The average molecular weight is 1240 g/mol. The molecule has 0 N–H and O–H groups in total. The van der Waals surface area contributed by atoms with Crippen LogP contribution in [0.2, 0.25) is 0 Å². The maximum Gasteiger partial charge on any atom is 0.143 e. The minimum absolute atomic E-state index is 0.860. The van der Waals surface area contributed by atoms with Crippen molar-refractivity contribution in [2.75, 3.05) is 0 Å². The highest BCUT2D eigenvalue weighted by Crippen LogP contribution is 2.54. The van der Waals surface area contributed by atoms with Crippen LogP contribution in [-0.4, -0.2) is 0 Å². The van der Waals surface area contributed by atoms with Crippen LogP contribution in [0.4, 0.5) is 0 Å². The topological polar surface area (TPSA) is 26.3 Å². The third-order valence-electron chi connectivity index (χ3n) is 20.7. The van der Waals surface area contributed by atoms with Gasteiger partial charge in [0.05, 0.1) is 0 Å². The molecule has 2 aromatic heterocycles. The third kappa shape index (κ3) is 8.55.